The summed E-state index contributed by atoms with van der Waals surface area (Å²) in [5, 5.41) is 3.45. The molecule has 176 valence electrons. The zero-order valence-electron chi connectivity index (χ0n) is 17.8. The highest BCUT2D eigenvalue weighted by Crippen LogP contribution is 2.35. The lowest BCUT2D eigenvalue weighted by molar-refractivity contribution is -0.155. The maximum atomic E-state index is 13.4. The van der Waals surface area contributed by atoms with Crippen LogP contribution in [-0.2, 0) is 16.2 Å². The van der Waals surface area contributed by atoms with E-state index in [1.165, 1.54) is 48.9 Å². The molecular formula is C21H26F3N3O4S. The molecule has 0 radical (unpaired) electrons. The third kappa shape index (κ3) is 4.65. The molecule has 4 rings (SSSR count). The normalized spacial score (nSPS) is 19.9. The van der Waals surface area contributed by atoms with Crippen molar-refractivity contribution < 1.29 is 30.8 Å². The highest BCUT2D eigenvalue weighted by Gasteiger charge is 2.37. The van der Waals surface area contributed by atoms with E-state index >= 15 is 0 Å². The number of rotatable bonds is 5. The Bertz CT molecular complexity index is 1040. The van der Waals surface area contributed by atoms with E-state index in [4.69, 9.17) is 4.74 Å². The Morgan fingerprint density at radius 2 is 1.75 bits per heavy atom. The second kappa shape index (κ2) is 9.03. The van der Waals surface area contributed by atoms with E-state index in [9.17, 15) is 21.6 Å². The molecule has 11 heteroatoms. The van der Waals surface area contributed by atoms with Crippen LogP contribution in [0.4, 0.5) is 13.2 Å². The van der Waals surface area contributed by atoms with Crippen LogP contribution >= 0.6 is 0 Å². The van der Waals surface area contributed by atoms with Crippen molar-refractivity contribution in [3.63, 3.8) is 0 Å². The molecule has 1 aliphatic carbocycles. The molecule has 1 saturated carbocycles. The minimum atomic E-state index is -4.68. The molecule has 1 saturated heterocycles. The first-order valence-electron chi connectivity index (χ1n) is 10.7. The number of benzene rings is 1. The van der Waals surface area contributed by atoms with Gasteiger partial charge in [-0.1, -0.05) is 24.4 Å². The van der Waals surface area contributed by atoms with Gasteiger partial charge in [-0.15, -0.1) is 0 Å². The minimum Gasteiger partial charge on any atom is -0.495 e. The van der Waals surface area contributed by atoms with Crippen molar-refractivity contribution in [2.75, 3.05) is 33.3 Å². The van der Waals surface area contributed by atoms with Gasteiger partial charge in [-0.3, -0.25) is 4.90 Å². The summed E-state index contributed by atoms with van der Waals surface area (Å²) in [5.74, 6) is -1.12. The van der Waals surface area contributed by atoms with Gasteiger partial charge in [0.25, 0.3) is 0 Å². The number of halogens is 3. The summed E-state index contributed by atoms with van der Waals surface area (Å²) in [7, 11) is -2.56. The van der Waals surface area contributed by atoms with E-state index in [-0.39, 0.29) is 21.9 Å². The standard InChI is InChI=1S/C21H26F3N3O4S/c1-30-18-8-7-15(17-14-20(31-25-17)21(22,23)24)13-19(18)32(28,29)27-11-9-26(10-12-27)16-5-3-2-4-6-16/h7-8,13-14,16H,2-6,9-12H2,1H3. The van der Waals surface area contributed by atoms with Crippen LogP contribution in [0.5, 0.6) is 5.75 Å². The predicted octanol–water partition coefficient (Wildman–Crippen LogP) is 4.01. The van der Waals surface area contributed by atoms with Crippen molar-refractivity contribution in [2.45, 2.75) is 49.2 Å². The fraction of sp³-hybridized carbons (Fsp3) is 0.571. The zero-order chi connectivity index (χ0) is 22.9. The molecule has 0 unspecified atom stereocenters. The molecular weight excluding hydrogens is 447 g/mol. The lowest BCUT2D eigenvalue weighted by atomic mass is 9.94. The van der Waals surface area contributed by atoms with Gasteiger partial charge in [0.15, 0.2) is 0 Å². The Balaban J connectivity index is 1.56. The van der Waals surface area contributed by atoms with Crippen LogP contribution in [0.3, 0.4) is 0 Å². The smallest absolute Gasteiger partial charge is 0.452 e. The molecule has 0 bridgehead atoms. The second-order valence-electron chi connectivity index (χ2n) is 8.17. The maximum absolute atomic E-state index is 13.4. The number of nitrogens with zero attached hydrogens (tertiary/aromatic N) is 3. The highest BCUT2D eigenvalue weighted by atomic mass is 32.2. The Morgan fingerprint density at radius 1 is 1.06 bits per heavy atom. The molecule has 1 aliphatic heterocycles. The van der Waals surface area contributed by atoms with E-state index in [1.807, 2.05) is 0 Å². The van der Waals surface area contributed by atoms with Crippen molar-refractivity contribution in [1.29, 1.82) is 0 Å². The first-order valence-corrected chi connectivity index (χ1v) is 12.1. The number of aromatic nitrogens is 1. The van der Waals surface area contributed by atoms with Crippen LogP contribution < -0.4 is 4.74 Å². The molecule has 0 spiro atoms. The van der Waals surface area contributed by atoms with Gasteiger partial charge < -0.3 is 9.26 Å². The molecule has 7 nitrogen and oxygen atoms in total. The van der Waals surface area contributed by atoms with Crippen molar-refractivity contribution in [1.82, 2.24) is 14.4 Å². The fourth-order valence-electron chi connectivity index (χ4n) is 4.48. The summed E-state index contributed by atoms with van der Waals surface area (Å²) >= 11 is 0. The Morgan fingerprint density at radius 3 is 2.34 bits per heavy atom. The van der Waals surface area contributed by atoms with Crippen LogP contribution in [0, 0.1) is 0 Å². The van der Waals surface area contributed by atoms with Gasteiger partial charge in [-0.25, -0.2) is 8.42 Å². The average molecular weight is 474 g/mol. The Hall–Kier alpha value is -2.11. The molecule has 2 aromatic rings. The molecule has 2 heterocycles. The number of piperazine rings is 1. The van der Waals surface area contributed by atoms with Crippen LogP contribution in [0.25, 0.3) is 11.3 Å². The van der Waals surface area contributed by atoms with Crippen LogP contribution in [-0.4, -0.2) is 62.1 Å². The molecule has 1 aromatic heterocycles. The van der Waals surface area contributed by atoms with Gasteiger partial charge in [0.05, 0.1) is 7.11 Å². The first kappa shape index (κ1) is 23.1. The quantitative estimate of drug-likeness (QED) is 0.653. The van der Waals surface area contributed by atoms with Crippen molar-refractivity contribution in [3.8, 4) is 17.0 Å². The fourth-order valence-corrected chi connectivity index (χ4v) is 6.08. The minimum absolute atomic E-state index is 0.0971. The molecule has 2 aliphatic rings. The lowest BCUT2D eigenvalue weighted by Gasteiger charge is -2.40. The molecule has 1 aromatic carbocycles. The number of sulfonamides is 1. The summed E-state index contributed by atoms with van der Waals surface area (Å²) in [5.41, 5.74) is 0.100. The summed E-state index contributed by atoms with van der Waals surface area (Å²) < 4.78 is 76.4. The third-order valence-corrected chi connectivity index (χ3v) is 8.15. The summed E-state index contributed by atoms with van der Waals surface area (Å²) in [6.45, 7) is 2.02. The largest absolute Gasteiger partial charge is 0.495 e. The monoisotopic (exact) mass is 473 g/mol. The van der Waals surface area contributed by atoms with Crippen LogP contribution in [0.1, 0.15) is 37.9 Å². The van der Waals surface area contributed by atoms with Crippen LogP contribution in [0.2, 0.25) is 0 Å². The first-order chi connectivity index (χ1) is 15.2. The van der Waals surface area contributed by atoms with E-state index in [1.54, 1.807) is 0 Å². The third-order valence-electron chi connectivity index (χ3n) is 6.23. The van der Waals surface area contributed by atoms with E-state index in [2.05, 4.69) is 14.6 Å². The Kier molecular flexibility index (Phi) is 6.51. The predicted molar refractivity (Wildman–Crippen MR) is 111 cm³/mol. The van der Waals surface area contributed by atoms with Crippen molar-refractivity contribution in [3.05, 3.63) is 30.0 Å². The molecule has 0 N–H and O–H groups in total. The number of ether oxygens (including phenoxy) is 1. The van der Waals surface area contributed by atoms with Crippen molar-refractivity contribution >= 4 is 10.0 Å². The van der Waals surface area contributed by atoms with E-state index in [0.29, 0.717) is 32.2 Å². The number of methoxy groups -OCH3 is 1. The van der Waals surface area contributed by atoms with E-state index < -0.39 is 22.0 Å². The Labute approximate surface area is 185 Å². The zero-order valence-corrected chi connectivity index (χ0v) is 18.6. The SMILES string of the molecule is COc1ccc(-c2cc(C(F)(F)F)on2)cc1S(=O)(=O)N1CCN(C2CCCCC2)CC1. The molecule has 2 fully saturated rings. The number of alkyl halides is 3. The van der Waals surface area contributed by atoms with Gasteiger partial charge in [0.1, 0.15) is 16.3 Å². The summed E-state index contributed by atoms with van der Waals surface area (Å²) in [4.78, 5) is 2.27. The second-order valence-corrected chi connectivity index (χ2v) is 10.1. The maximum Gasteiger partial charge on any atom is 0.452 e. The molecule has 0 atom stereocenters. The molecule has 0 amide bonds. The van der Waals surface area contributed by atoms with Gasteiger partial charge in [0, 0.05) is 43.9 Å². The number of hydrogen-bond acceptors (Lipinski definition) is 6. The topological polar surface area (TPSA) is 75.9 Å². The lowest BCUT2D eigenvalue weighted by Crippen LogP contribution is -2.52. The summed E-state index contributed by atoms with van der Waals surface area (Å²) in [6.07, 6.45) is 1.32. The van der Waals surface area contributed by atoms with Gasteiger partial charge in [-0.2, -0.15) is 17.5 Å². The average Bonchev–Trinajstić information content (AvgIpc) is 3.30. The number of hydrogen-bond donors (Lipinski definition) is 0. The van der Waals surface area contributed by atoms with Gasteiger partial charge >= 0.3 is 6.18 Å². The van der Waals surface area contributed by atoms with Crippen molar-refractivity contribution in [2.24, 2.45) is 0 Å². The molecule has 32 heavy (non-hydrogen) atoms. The van der Waals surface area contributed by atoms with Gasteiger partial charge in [0.2, 0.25) is 15.8 Å². The van der Waals surface area contributed by atoms with E-state index in [0.717, 1.165) is 18.9 Å². The highest BCUT2D eigenvalue weighted by molar-refractivity contribution is 7.89. The van der Waals surface area contributed by atoms with Crippen LogP contribution in [0.15, 0.2) is 33.7 Å². The summed E-state index contributed by atoms with van der Waals surface area (Å²) in [6, 6.07) is 5.43. The van der Waals surface area contributed by atoms with Gasteiger partial charge in [-0.05, 0) is 31.0 Å².